The fourth-order valence-corrected chi connectivity index (χ4v) is 9.36. The minimum absolute atomic E-state index is 0.148. The maximum Gasteiger partial charge on any atom is 0.339 e. The topological polar surface area (TPSA) is 52.6 Å². The highest BCUT2D eigenvalue weighted by Crippen LogP contribution is 2.62. The Bertz CT molecular complexity index is 700. The highest BCUT2D eigenvalue weighted by atomic mass is 31.2. The third-order valence-corrected chi connectivity index (χ3v) is 10.2. The molecule has 0 unspecified atom stereocenters. The summed E-state index contributed by atoms with van der Waals surface area (Å²) in [6.45, 7) is 7.19. The van der Waals surface area contributed by atoms with Gasteiger partial charge in [0.1, 0.15) is 5.90 Å². The molecule has 0 heterocycles. The van der Waals surface area contributed by atoms with Crippen molar-refractivity contribution in [2.24, 2.45) is 0 Å². The van der Waals surface area contributed by atoms with E-state index in [1.807, 2.05) is 60.7 Å². The van der Waals surface area contributed by atoms with E-state index in [1.165, 1.54) is 0 Å². The van der Waals surface area contributed by atoms with E-state index < -0.39 is 14.7 Å². The maximum atomic E-state index is 14.1. The Balaban J connectivity index is 2.52. The molecule has 6 heteroatoms. The van der Waals surface area contributed by atoms with Crippen LogP contribution in [0.3, 0.4) is 0 Å². The Labute approximate surface area is 150 Å². The van der Waals surface area contributed by atoms with Gasteiger partial charge in [-0.2, -0.15) is 0 Å². The average Bonchev–Trinajstić information content (AvgIpc) is 2.54. The van der Waals surface area contributed by atoms with Crippen molar-refractivity contribution in [3.8, 4) is 0 Å². The molecule has 0 aliphatic heterocycles. The molecule has 0 fully saturated rings. The van der Waals surface area contributed by atoms with Crippen LogP contribution in [0, 0.1) is 0 Å². The van der Waals surface area contributed by atoms with Crippen molar-refractivity contribution in [3.63, 3.8) is 0 Å². The first-order chi connectivity index (χ1) is 11.8. The minimum Gasteiger partial charge on any atom is -0.313 e. The van der Waals surface area contributed by atoms with Crippen molar-refractivity contribution in [2.45, 2.75) is 39.9 Å². The lowest BCUT2D eigenvalue weighted by atomic mass is 10.4. The Morgan fingerprint density at radius 1 is 0.720 bits per heavy atom. The van der Waals surface area contributed by atoms with Crippen molar-refractivity contribution in [1.82, 2.24) is 0 Å². The lowest BCUT2D eigenvalue weighted by molar-refractivity contribution is 0.145. The Hall–Kier alpha value is -1.18. The van der Waals surface area contributed by atoms with Crippen LogP contribution in [0.2, 0.25) is 0 Å². The smallest absolute Gasteiger partial charge is 0.313 e. The van der Waals surface area contributed by atoms with Gasteiger partial charge in [-0.05, 0) is 27.7 Å². The molecule has 0 aliphatic carbocycles. The summed E-state index contributed by atoms with van der Waals surface area (Å²) in [5, 5.41) is 1.31. The normalized spacial score (nSPS) is 12.7. The van der Waals surface area contributed by atoms with Crippen LogP contribution in [0.15, 0.2) is 60.7 Å². The van der Waals surface area contributed by atoms with E-state index in [0.29, 0.717) is 10.6 Å². The molecule has 0 radical (unpaired) electrons. The second-order valence-electron chi connectivity index (χ2n) is 6.47. The molecule has 0 bridgehead atoms. The van der Waals surface area contributed by atoms with Gasteiger partial charge in [0.2, 0.25) is 0 Å². The third-order valence-electron chi connectivity index (χ3n) is 3.46. The zero-order chi connectivity index (χ0) is 18.5. The van der Waals surface area contributed by atoms with Gasteiger partial charge < -0.3 is 13.6 Å². The van der Waals surface area contributed by atoms with Crippen LogP contribution in [0.4, 0.5) is 0 Å². The summed E-state index contributed by atoms with van der Waals surface area (Å²) in [5.41, 5.74) is 0. The van der Waals surface area contributed by atoms with Crippen molar-refractivity contribution in [3.05, 3.63) is 60.7 Å². The number of hydrogen-bond donors (Lipinski definition) is 0. The largest absolute Gasteiger partial charge is 0.339 e. The summed E-state index contributed by atoms with van der Waals surface area (Å²) in [5.74, 6) is -0.148. The summed E-state index contributed by atoms with van der Waals surface area (Å²) in [4.78, 5) is 0. The van der Waals surface area contributed by atoms with E-state index >= 15 is 0 Å². The van der Waals surface area contributed by atoms with Gasteiger partial charge in [0.05, 0.1) is 12.2 Å². The van der Waals surface area contributed by atoms with Crippen LogP contribution >= 0.6 is 14.7 Å². The van der Waals surface area contributed by atoms with Crippen molar-refractivity contribution in [2.75, 3.05) is 5.90 Å². The molecule has 2 aromatic rings. The minimum atomic E-state index is -3.55. The maximum absolute atomic E-state index is 14.1. The summed E-state index contributed by atoms with van der Waals surface area (Å²) in [6, 6.07) is 18.3. The molecule has 0 aliphatic rings. The monoisotopic (exact) mass is 380 g/mol. The fraction of sp³-hybridized carbons (Fsp3) is 0.368. The van der Waals surface area contributed by atoms with Gasteiger partial charge >= 0.3 is 7.60 Å². The van der Waals surface area contributed by atoms with Crippen LogP contribution in [0.25, 0.3) is 0 Å². The van der Waals surface area contributed by atoms with Gasteiger partial charge in [0.25, 0.3) is 0 Å². The molecule has 4 nitrogen and oxygen atoms in total. The Morgan fingerprint density at radius 2 is 1.08 bits per heavy atom. The van der Waals surface area contributed by atoms with Gasteiger partial charge in [-0.3, -0.25) is 4.57 Å². The molecule has 2 rings (SSSR count). The molecule has 0 saturated heterocycles. The molecule has 0 spiro atoms. The van der Waals surface area contributed by atoms with Crippen LogP contribution in [-0.2, 0) is 18.2 Å². The summed E-state index contributed by atoms with van der Waals surface area (Å²) in [6.07, 6.45) is -0.575. The number of rotatable bonds is 8. The predicted molar refractivity (Wildman–Crippen MR) is 105 cm³/mol. The van der Waals surface area contributed by atoms with Crippen LogP contribution in [-0.4, -0.2) is 18.1 Å². The van der Waals surface area contributed by atoms with E-state index in [0.717, 1.165) is 0 Å². The fourth-order valence-electron chi connectivity index (χ4n) is 2.63. The lowest BCUT2D eigenvalue weighted by Gasteiger charge is -2.27. The molecule has 2 aromatic carbocycles. The van der Waals surface area contributed by atoms with E-state index in [9.17, 15) is 9.13 Å². The number of hydrogen-bond acceptors (Lipinski definition) is 4. The zero-order valence-electron chi connectivity index (χ0n) is 15.2. The van der Waals surface area contributed by atoms with E-state index in [1.54, 1.807) is 27.7 Å². The molecule has 0 aromatic heterocycles. The second kappa shape index (κ2) is 8.47. The lowest BCUT2D eigenvalue weighted by Crippen LogP contribution is -2.21. The SMILES string of the molecule is CC(C)OP(=O)(CP(=O)(c1ccccc1)c1ccccc1)OC(C)C. The Morgan fingerprint density at radius 3 is 1.40 bits per heavy atom. The predicted octanol–water partition coefficient (Wildman–Crippen LogP) is 5.00. The average molecular weight is 380 g/mol. The molecule has 0 saturated carbocycles. The van der Waals surface area contributed by atoms with Gasteiger partial charge in [-0.15, -0.1) is 0 Å². The van der Waals surface area contributed by atoms with Gasteiger partial charge in [-0.25, -0.2) is 0 Å². The molecule has 0 amide bonds. The highest BCUT2D eigenvalue weighted by Gasteiger charge is 2.40. The molecule has 25 heavy (non-hydrogen) atoms. The van der Waals surface area contributed by atoms with Gasteiger partial charge in [-0.1, -0.05) is 60.7 Å². The van der Waals surface area contributed by atoms with Crippen LogP contribution in [0.1, 0.15) is 27.7 Å². The van der Waals surface area contributed by atoms with Crippen LogP contribution < -0.4 is 10.6 Å². The molecule has 136 valence electrons. The summed E-state index contributed by atoms with van der Waals surface area (Å²) in [7, 11) is -6.72. The van der Waals surface area contributed by atoms with Crippen molar-refractivity contribution < 1.29 is 18.2 Å². The van der Waals surface area contributed by atoms with E-state index in [2.05, 4.69) is 0 Å². The van der Waals surface area contributed by atoms with Crippen molar-refractivity contribution in [1.29, 1.82) is 0 Å². The van der Waals surface area contributed by atoms with Crippen molar-refractivity contribution >= 4 is 25.3 Å². The summed E-state index contributed by atoms with van der Waals surface area (Å²) < 4.78 is 38.7. The van der Waals surface area contributed by atoms with Crippen LogP contribution in [0.5, 0.6) is 0 Å². The summed E-state index contributed by atoms with van der Waals surface area (Å²) >= 11 is 0. The zero-order valence-corrected chi connectivity index (χ0v) is 17.0. The first kappa shape index (κ1) is 20.1. The third kappa shape index (κ3) is 5.39. The molecular formula is C19H26O4P2. The number of benzene rings is 2. The van der Waals surface area contributed by atoms with E-state index in [4.69, 9.17) is 9.05 Å². The quantitative estimate of drug-likeness (QED) is 0.605. The first-order valence-corrected chi connectivity index (χ1v) is 12.0. The molecule has 0 atom stereocenters. The van der Waals surface area contributed by atoms with Gasteiger partial charge in [0, 0.05) is 10.6 Å². The standard InChI is InChI=1S/C19H26O4P2/c1-16(2)22-25(21,23-17(3)4)15-24(20,18-11-7-5-8-12-18)19-13-9-6-10-14-19/h5-14,16-17H,15H2,1-4H3. The Kier molecular flexibility index (Phi) is 6.82. The first-order valence-electron chi connectivity index (χ1n) is 8.41. The van der Waals surface area contributed by atoms with E-state index in [-0.39, 0.29) is 18.1 Å². The molecule has 0 N–H and O–H groups in total. The second-order valence-corrected chi connectivity index (χ2v) is 11.8. The van der Waals surface area contributed by atoms with Gasteiger partial charge in [0.15, 0.2) is 7.14 Å². The highest BCUT2D eigenvalue weighted by molar-refractivity contribution is 7.86. The molecular weight excluding hydrogens is 354 g/mol.